The van der Waals surface area contributed by atoms with Crippen molar-refractivity contribution < 1.29 is 29.0 Å². The number of carbonyl (C=O) groups is 3. The van der Waals surface area contributed by atoms with Crippen LogP contribution in [0.15, 0.2) is 66.7 Å². The van der Waals surface area contributed by atoms with Crippen LogP contribution in [0.4, 0.5) is 10.5 Å². The Morgan fingerprint density at radius 2 is 1.60 bits per heavy atom. The van der Waals surface area contributed by atoms with Crippen molar-refractivity contribution in [2.75, 3.05) is 19.0 Å². The second-order valence-corrected chi connectivity index (χ2v) is 8.71. The van der Waals surface area contributed by atoms with Crippen LogP contribution in [-0.2, 0) is 9.53 Å². The number of anilines is 1. The van der Waals surface area contributed by atoms with Crippen molar-refractivity contribution in [2.24, 2.45) is 0 Å². The first kappa shape index (κ1) is 22.5. The SMILES string of the molecule is COc1cc(NC(=O)C2(NC(=O)OCC3c4ccccc4-c4ccccc43)CC2)ccc1C(=O)O. The zero-order valence-corrected chi connectivity index (χ0v) is 19.0. The van der Waals surface area contributed by atoms with E-state index in [1.54, 1.807) is 0 Å². The Hall–Kier alpha value is -4.33. The molecule has 0 saturated heterocycles. The number of nitrogens with one attached hydrogen (secondary N) is 2. The summed E-state index contributed by atoms with van der Waals surface area (Å²) in [6.45, 7) is 0.158. The van der Waals surface area contributed by atoms with Crippen LogP contribution in [0.5, 0.6) is 5.75 Å². The molecule has 2 aliphatic carbocycles. The highest BCUT2D eigenvalue weighted by Crippen LogP contribution is 2.44. The van der Waals surface area contributed by atoms with Gasteiger partial charge in [-0.3, -0.25) is 4.79 Å². The van der Waals surface area contributed by atoms with Gasteiger partial charge in [0.15, 0.2) is 0 Å². The van der Waals surface area contributed by atoms with E-state index >= 15 is 0 Å². The molecule has 0 atom stereocenters. The molecule has 0 aromatic heterocycles. The summed E-state index contributed by atoms with van der Waals surface area (Å²) in [6.07, 6.45) is 0.305. The molecule has 3 aromatic carbocycles. The van der Waals surface area contributed by atoms with Gasteiger partial charge in [-0.1, -0.05) is 48.5 Å². The molecule has 2 aliphatic rings. The monoisotopic (exact) mass is 472 g/mol. The number of alkyl carbamates (subject to hydrolysis) is 1. The molecule has 1 fully saturated rings. The molecule has 0 radical (unpaired) electrons. The molecule has 0 aliphatic heterocycles. The average Bonchev–Trinajstić information content (AvgIpc) is 3.58. The lowest BCUT2D eigenvalue weighted by Gasteiger charge is -2.19. The highest BCUT2D eigenvalue weighted by Gasteiger charge is 2.52. The maximum absolute atomic E-state index is 12.9. The number of methoxy groups -OCH3 is 1. The predicted molar refractivity (Wildman–Crippen MR) is 129 cm³/mol. The smallest absolute Gasteiger partial charge is 0.408 e. The van der Waals surface area contributed by atoms with Gasteiger partial charge in [0.25, 0.3) is 0 Å². The molecule has 0 unspecified atom stereocenters. The Morgan fingerprint density at radius 1 is 0.971 bits per heavy atom. The fourth-order valence-corrected chi connectivity index (χ4v) is 4.56. The van der Waals surface area contributed by atoms with E-state index < -0.39 is 23.5 Å². The molecule has 5 rings (SSSR count). The molecule has 8 heteroatoms. The van der Waals surface area contributed by atoms with Gasteiger partial charge in [0, 0.05) is 17.7 Å². The molecule has 0 heterocycles. The molecular formula is C27H24N2O6. The third-order valence-corrected chi connectivity index (χ3v) is 6.56. The lowest BCUT2D eigenvalue weighted by Crippen LogP contribution is -2.46. The number of fused-ring (bicyclic) bond motifs is 3. The highest BCUT2D eigenvalue weighted by molar-refractivity contribution is 6.02. The number of rotatable bonds is 7. The van der Waals surface area contributed by atoms with Gasteiger partial charge in [-0.25, -0.2) is 9.59 Å². The van der Waals surface area contributed by atoms with Gasteiger partial charge in [-0.2, -0.15) is 0 Å². The zero-order chi connectivity index (χ0) is 24.6. The van der Waals surface area contributed by atoms with Crippen LogP contribution in [0.25, 0.3) is 11.1 Å². The Labute approximate surface area is 201 Å². The van der Waals surface area contributed by atoms with E-state index in [0.29, 0.717) is 18.5 Å². The summed E-state index contributed by atoms with van der Waals surface area (Å²) in [4.78, 5) is 36.8. The Morgan fingerprint density at radius 3 is 2.17 bits per heavy atom. The third-order valence-electron chi connectivity index (χ3n) is 6.56. The topological polar surface area (TPSA) is 114 Å². The summed E-state index contributed by atoms with van der Waals surface area (Å²) in [5.41, 5.74) is 3.81. The largest absolute Gasteiger partial charge is 0.496 e. The second kappa shape index (κ2) is 8.79. The van der Waals surface area contributed by atoms with Crippen LogP contribution in [0, 0.1) is 0 Å². The van der Waals surface area contributed by atoms with E-state index in [4.69, 9.17) is 9.47 Å². The fourth-order valence-electron chi connectivity index (χ4n) is 4.56. The van der Waals surface area contributed by atoms with Crippen molar-refractivity contribution in [3.05, 3.63) is 83.4 Å². The standard InChI is InChI=1S/C27H24N2O6/c1-34-23-14-16(10-11-21(23)24(30)31)28-25(32)27(12-13-27)29-26(33)35-15-22-19-8-4-2-6-17(19)18-7-3-5-9-20(18)22/h2-11,14,22H,12-13,15H2,1H3,(H,28,32)(H,29,33)(H,30,31). The molecule has 0 bridgehead atoms. The Bertz CT molecular complexity index is 1290. The predicted octanol–water partition coefficient (Wildman–Crippen LogP) is 4.40. The summed E-state index contributed by atoms with van der Waals surface area (Å²) < 4.78 is 10.7. The van der Waals surface area contributed by atoms with Gasteiger partial charge in [0.2, 0.25) is 5.91 Å². The van der Waals surface area contributed by atoms with Gasteiger partial charge in [-0.05, 0) is 47.2 Å². The molecule has 3 N–H and O–H groups in total. The minimum absolute atomic E-state index is 0.0107. The normalized spacial score (nSPS) is 14.9. The second-order valence-electron chi connectivity index (χ2n) is 8.71. The Kier molecular flexibility index (Phi) is 5.64. The van der Waals surface area contributed by atoms with E-state index in [1.807, 2.05) is 36.4 Å². The first-order valence-corrected chi connectivity index (χ1v) is 11.3. The number of amides is 2. The average molecular weight is 472 g/mol. The van der Waals surface area contributed by atoms with Crippen molar-refractivity contribution in [3.8, 4) is 16.9 Å². The molecule has 3 aromatic rings. The van der Waals surface area contributed by atoms with Crippen molar-refractivity contribution in [3.63, 3.8) is 0 Å². The molecule has 178 valence electrons. The van der Waals surface area contributed by atoms with Crippen LogP contribution in [0.3, 0.4) is 0 Å². The summed E-state index contributed by atoms with van der Waals surface area (Å²) in [5, 5.41) is 14.7. The fraction of sp³-hybridized carbons (Fsp3) is 0.222. The molecule has 35 heavy (non-hydrogen) atoms. The third kappa shape index (κ3) is 4.19. The van der Waals surface area contributed by atoms with Crippen molar-refractivity contribution in [2.45, 2.75) is 24.3 Å². The number of ether oxygens (including phenoxy) is 2. The number of hydrogen-bond donors (Lipinski definition) is 3. The number of aromatic carboxylic acids is 1. The van der Waals surface area contributed by atoms with Crippen LogP contribution >= 0.6 is 0 Å². The minimum atomic E-state index is -1.13. The first-order valence-electron chi connectivity index (χ1n) is 11.3. The summed E-state index contributed by atoms with van der Waals surface area (Å²) in [5.74, 6) is -1.46. The van der Waals surface area contributed by atoms with E-state index in [0.717, 1.165) is 22.3 Å². The molecule has 8 nitrogen and oxygen atoms in total. The zero-order valence-electron chi connectivity index (χ0n) is 19.0. The number of carbonyl (C=O) groups excluding carboxylic acids is 2. The number of carboxylic acids is 1. The van der Waals surface area contributed by atoms with Crippen molar-refractivity contribution in [1.82, 2.24) is 5.32 Å². The first-order chi connectivity index (χ1) is 16.9. The van der Waals surface area contributed by atoms with Gasteiger partial charge < -0.3 is 25.2 Å². The molecular weight excluding hydrogens is 448 g/mol. The number of carboxylic acid groups (broad SMARTS) is 1. The number of hydrogen-bond acceptors (Lipinski definition) is 5. The van der Waals surface area contributed by atoms with E-state index in [-0.39, 0.29) is 23.8 Å². The number of benzene rings is 3. The molecule has 2 amide bonds. The van der Waals surface area contributed by atoms with E-state index in [2.05, 4.69) is 22.8 Å². The van der Waals surface area contributed by atoms with Crippen LogP contribution in [-0.4, -0.2) is 42.3 Å². The quantitative estimate of drug-likeness (QED) is 0.470. The summed E-state index contributed by atoms with van der Waals surface area (Å²) >= 11 is 0. The van der Waals surface area contributed by atoms with Crippen LogP contribution in [0.1, 0.15) is 40.2 Å². The van der Waals surface area contributed by atoms with E-state index in [1.165, 1.54) is 25.3 Å². The Balaban J connectivity index is 1.23. The minimum Gasteiger partial charge on any atom is -0.496 e. The van der Waals surface area contributed by atoms with Crippen LogP contribution in [0.2, 0.25) is 0 Å². The molecule has 1 saturated carbocycles. The highest BCUT2D eigenvalue weighted by atomic mass is 16.5. The molecule has 0 spiro atoms. The van der Waals surface area contributed by atoms with Gasteiger partial charge in [-0.15, -0.1) is 0 Å². The van der Waals surface area contributed by atoms with Crippen molar-refractivity contribution >= 4 is 23.7 Å². The van der Waals surface area contributed by atoms with Gasteiger partial charge in [0.05, 0.1) is 7.11 Å². The van der Waals surface area contributed by atoms with Gasteiger partial charge in [0.1, 0.15) is 23.5 Å². The maximum Gasteiger partial charge on any atom is 0.408 e. The lowest BCUT2D eigenvalue weighted by atomic mass is 9.98. The summed E-state index contributed by atoms with van der Waals surface area (Å²) in [7, 11) is 1.36. The van der Waals surface area contributed by atoms with Crippen molar-refractivity contribution in [1.29, 1.82) is 0 Å². The summed E-state index contributed by atoms with van der Waals surface area (Å²) in [6, 6.07) is 20.4. The van der Waals surface area contributed by atoms with Gasteiger partial charge >= 0.3 is 12.1 Å². The lowest BCUT2D eigenvalue weighted by molar-refractivity contribution is -0.119. The van der Waals surface area contributed by atoms with Crippen LogP contribution < -0.4 is 15.4 Å². The van der Waals surface area contributed by atoms with E-state index in [9.17, 15) is 19.5 Å². The maximum atomic E-state index is 12.9.